The van der Waals surface area contributed by atoms with Crippen molar-refractivity contribution < 1.29 is 0 Å². The van der Waals surface area contributed by atoms with Gasteiger partial charge in [-0.25, -0.2) is 0 Å². The minimum Gasteiger partial charge on any atom is -0.315 e. The van der Waals surface area contributed by atoms with Crippen LogP contribution in [-0.2, 0) is 0 Å². The van der Waals surface area contributed by atoms with Crippen molar-refractivity contribution in [3.05, 3.63) is 0 Å². The fraction of sp³-hybridized carbons (Fsp3) is 0.875. The van der Waals surface area contributed by atoms with Crippen LogP contribution in [0.5, 0.6) is 0 Å². The second kappa shape index (κ2) is 4.45. The van der Waals surface area contributed by atoms with Gasteiger partial charge in [-0.15, -0.1) is 0 Å². The van der Waals surface area contributed by atoms with E-state index >= 15 is 0 Å². The quantitative estimate of drug-likeness (QED) is 0.586. The van der Waals surface area contributed by atoms with Crippen LogP contribution in [0.4, 0.5) is 0 Å². The molecule has 1 aliphatic carbocycles. The third-order valence-corrected chi connectivity index (χ3v) is 1.94. The van der Waals surface area contributed by atoms with Crippen LogP contribution in [0, 0.1) is 0 Å². The van der Waals surface area contributed by atoms with Crippen molar-refractivity contribution >= 4 is 6.21 Å². The molecule has 1 fully saturated rings. The van der Waals surface area contributed by atoms with Gasteiger partial charge >= 0.3 is 0 Å². The van der Waals surface area contributed by atoms with E-state index in [1.807, 2.05) is 13.3 Å². The Morgan fingerprint density at radius 1 is 1.50 bits per heavy atom. The van der Waals surface area contributed by atoms with Crippen LogP contribution in [-0.4, -0.2) is 25.8 Å². The third-order valence-electron chi connectivity index (χ3n) is 1.94. The third kappa shape index (κ3) is 2.48. The molecule has 0 bridgehead atoms. The summed E-state index contributed by atoms with van der Waals surface area (Å²) in [7, 11) is 1.95. The number of hydrogen-bond donors (Lipinski definition) is 1. The highest BCUT2D eigenvalue weighted by atomic mass is 14.8. The summed E-state index contributed by atoms with van der Waals surface area (Å²) in [6.45, 7) is 0.913. The molecule has 0 aromatic heterocycles. The molecule has 10 heavy (non-hydrogen) atoms. The topological polar surface area (TPSA) is 24.4 Å². The van der Waals surface area contributed by atoms with Gasteiger partial charge in [-0.3, -0.25) is 4.99 Å². The summed E-state index contributed by atoms with van der Waals surface area (Å²) < 4.78 is 0. The molecule has 0 aromatic rings. The molecule has 0 spiro atoms. The zero-order valence-electron chi connectivity index (χ0n) is 6.64. The summed E-state index contributed by atoms with van der Waals surface area (Å²) in [5, 5.41) is 3.04. The zero-order valence-corrected chi connectivity index (χ0v) is 6.64. The minimum absolute atomic E-state index is 0.647. The van der Waals surface area contributed by atoms with Crippen molar-refractivity contribution in [2.24, 2.45) is 4.99 Å². The number of rotatable bonds is 3. The predicted molar refractivity (Wildman–Crippen MR) is 44.7 cm³/mol. The first-order valence-corrected chi connectivity index (χ1v) is 4.09. The monoisotopic (exact) mass is 140 g/mol. The highest BCUT2D eigenvalue weighted by Gasteiger charge is 2.11. The van der Waals surface area contributed by atoms with Crippen molar-refractivity contribution in [2.75, 3.05) is 13.6 Å². The maximum Gasteiger partial charge on any atom is 0.0496 e. The van der Waals surface area contributed by atoms with Crippen molar-refractivity contribution in [1.29, 1.82) is 0 Å². The first-order valence-electron chi connectivity index (χ1n) is 4.09. The summed E-state index contributed by atoms with van der Waals surface area (Å²) in [5.74, 6) is 0. The summed E-state index contributed by atoms with van der Waals surface area (Å²) in [6.07, 6.45) is 7.36. The number of nitrogens with zero attached hydrogens (tertiary/aromatic N) is 1. The van der Waals surface area contributed by atoms with Gasteiger partial charge in [-0.2, -0.15) is 0 Å². The second-order valence-electron chi connectivity index (χ2n) is 2.83. The van der Waals surface area contributed by atoms with Crippen LogP contribution in [0.25, 0.3) is 0 Å². The molecule has 0 aromatic carbocycles. The first kappa shape index (κ1) is 7.73. The molecule has 58 valence electrons. The lowest BCUT2D eigenvalue weighted by molar-refractivity contribution is 0.707. The zero-order chi connectivity index (χ0) is 7.23. The first-order chi connectivity index (χ1) is 4.93. The van der Waals surface area contributed by atoms with E-state index in [1.165, 1.54) is 25.7 Å². The van der Waals surface area contributed by atoms with E-state index in [0.29, 0.717) is 6.04 Å². The second-order valence-corrected chi connectivity index (χ2v) is 2.83. The van der Waals surface area contributed by atoms with E-state index in [-0.39, 0.29) is 0 Å². The molecule has 0 atom stereocenters. The van der Waals surface area contributed by atoms with E-state index in [1.54, 1.807) is 0 Å². The fourth-order valence-electron chi connectivity index (χ4n) is 1.35. The van der Waals surface area contributed by atoms with Crippen LogP contribution in [0.15, 0.2) is 4.99 Å². The summed E-state index contributed by atoms with van der Waals surface area (Å²) in [4.78, 5) is 4.43. The van der Waals surface area contributed by atoms with Gasteiger partial charge in [0.2, 0.25) is 0 Å². The van der Waals surface area contributed by atoms with Gasteiger partial charge in [-0.1, -0.05) is 12.8 Å². The van der Waals surface area contributed by atoms with Gasteiger partial charge in [0, 0.05) is 18.8 Å². The van der Waals surface area contributed by atoms with Crippen molar-refractivity contribution in [1.82, 2.24) is 5.32 Å². The van der Waals surface area contributed by atoms with E-state index in [9.17, 15) is 0 Å². The molecule has 1 aliphatic rings. The molecule has 0 radical (unpaired) electrons. The predicted octanol–water partition coefficient (Wildman–Crippen LogP) is 1.22. The smallest absolute Gasteiger partial charge is 0.0496 e. The maximum absolute atomic E-state index is 4.43. The lowest BCUT2D eigenvalue weighted by Gasteiger charge is -1.99. The van der Waals surface area contributed by atoms with Gasteiger partial charge in [0.05, 0.1) is 0 Å². The van der Waals surface area contributed by atoms with Crippen molar-refractivity contribution in [3.8, 4) is 0 Å². The average molecular weight is 140 g/mol. The molecule has 0 amide bonds. The van der Waals surface area contributed by atoms with E-state index in [2.05, 4.69) is 10.3 Å². The Labute approximate surface area is 62.7 Å². The molecule has 0 aliphatic heterocycles. The van der Waals surface area contributed by atoms with Crippen LogP contribution < -0.4 is 5.32 Å². The molecule has 1 saturated carbocycles. The van der Waals surface area contributed by atoms with Crippen molar-refractivity contribution in [2.45, 2.75) is 31.7 Å². The van der Waals surface area contributed by atoms with E-state index < -0.39 is 0 Å². The molecule has 1 N–H and O–H groups in total. The Morgan fingerprint density at radius 3 is 2.80 bits per heavy atom. The SMILES string of the molecule is CNCC=NC1CCCC1. The number of nitrogens with one attached hydrogen (secondary N) is 1. The summed E-state index contributed by atoms with van der Waals surface area (Å²) >= 11 is 0. The lowest BCUT2D eigenvalue weighted by atomic mass is 10.3. The summed E-state index contributed by atoms with van der Waals surface area (Å²) in [5.41, 5.74) is 0. The maximum atomic E-state index is 4.43. The molecular formula is C8H16N2. The molecule has 0 saturated heterocycles. The van der Waals surface area contributed by atoms with Crippen LogP contribution in [0.2, 0.25) is 0 Å². The molecule has 2 heteroatoms. The Morgan fingerprint density at radius 2 is 2.20 bits per heavy atom. The largest absolute Gasteiger partial charge is 0.315 e. The highest BCUT2D eigenvalue weighted by Crippen LogP contribution is 2.20. The van der Waals surface area contributed by atoms with Gasteiger partial charge in [0.15, 0.2) is 0 Å². The van der Waals surface area contributed by atoms with Gasteiger partial charge in [0.25, 0.3) is 0 Å². The van der Waals surface area contributed by atoms with Crippen LogP contribution in [0.1, 0.15) is 25.7 Å². The van der Waals surface area contributed by atoms with Crippen molar-refractivity contribution in [3.63, 3.8) is 0 Å². The fourth-order valence-corrected chi connectivity index (χ4v) is 1.35. The Bertz CT molecular complexity index is 104. The average Bonchev–Trinajstić information content (AvgIpc) is 2.41. The molecule has 0 heterocycles. The Hall–Kier alpha value is -0.370. The van der Waals surface area contributed by atoms with Gasteiger partial charge in [0.1, 0.15) is 0 Å². The summed E-state index contributed by atoms with van der Waals surface area (Å²) in [6, 6.07) is 0.647. The van der Waals surface area contributed by atoms with Gasteiger partial charge in [-0.05, 0) is 19.9 Å². The Kier molecular flexibility index (Phi) is 3.44. The molecule has 0 unspecified atom stereocenters. The minimum atomic E-state index is 0.647. The lowest BCUT2D eigenvalue weighted by Crippen LogP contribution is -2.10. The highest BCUT2D eigenvalue weighted by molar-refractivity contribution is 5.59. The van der Waals surface area contributed by atoms with E-state index in [4.69, 9.17) is 0 Å². The molecule has 2 nitrogen and oxygen atoms in total. The standard InChI is InChI=1S/C8H16N2/c1-9-6-7-10-8-4-2-3-5-8/h7-9H,2-6H2,1H3. The number of aliphatic imine (C=N–C) groups is 1. The van der Waals surface area contributed by atoms with E-state index in [0.717, 1.165) is 6.54 Å². The molecular weight excluding hydrogens is 124 g/mol. The van der Waals surface area contributed by atoms with Crippen LogP contribution >= 0.6 is 0 Å². The van der Waals surface area contributed by atoms with Gasteiger partial charge < -0.3 is 5.32 Å². The number of hydrogen-bond acceptors (Lipinski definition) is 2. The Balaban J connectivity index is 2.10. The molecule has 1 rings (SSSR count). The van der Waals surface area contributed by atoms with Crippen LogP contribution in [0.3, 0.4) is 0 Å². The normalized spacial score (nSPS) is 20.9.